The Bertz CT molecular complexity index is 710. The zero-order valence-electron chi connectivity index (χ0n) is 18.8. The number of rotatable bonds is 5. The third kappa shape index (κ3) is 13.6. The van der Waals surface area contributed by atoms with E-state index in [-0.39, 0.29) is 5.91 Å². The molecule has 166 valence electrons. The Morgan fingerprint density at radius 2 is 1.77 bits per heavy atom. The Kier molecular flexibility index (Phi) is 19.5. The van der Waals surface area contributed by atoms with Gasteiger partial charge in [0.25, 0.3) is 5.91 Å². The number of carbonyl (C=O) groups excluding carboxylic acids is 2. The first-order chi connectivity index (χ1) is 14.5. The van der Waals surface area contributed by atoms with Gasteiger partial charge in [0.2, 0.25) is 5.91 Å². The summed E-state index contributed by atoms with van der Waals surface area (Å²) in [6.45, 7) is 15.9. The molecule has 6 heteroatoms. The highest BCUT2D eigenvalue weighted by molar-refractivity contribution is 8.04. The smallest absolute Gasteiger partial charge is 0.281 e. The lowest BCUT2D eigenvalue weighted by Gasteiger charge is -2.05. The van der Waals surface area contributed by atoms with E-state index in [1.807, 2.05) is 51.1 Å². The number of allylic oxidation sites excluding steroid dienone is 3. The SMILES string of the molecule is C=C.CC.CC/C=C(\C=C1\C=C(C(=O)NO)SC1)NC(=O)CC.Cc1ccccc1. The molecule has 0 bridgehead atoms. The van der Waals surface area contributed by atoms with E-state index in [1.165, 1.54) is 17.3 Å². The van der Waals surface area contributed by atoms with Crippen molar-refractivity contribution < 1.29 is 14.8 Å². The van der Waals surface area contributed by atoms with E-state index in [9.17, 15) is 9.59 Å². The lowest BCUT2D eigenvalue weighted by molar-refractivity contribution is -0.124. The van der Waals surface area contributed by atoms with Crippen molar-refractivity contribution in [1.82, 2.24) is 10.8 Å². The molecule has 3 N–H and O–H groups in total. The molecule has 1 aliphatic heterocycles. The molecular weight excluding hydrogens is 396 g/mol. The summed E-state index contributed by atoms with van der Waals surface area (Å²) in [4.78, 5) is 23.1. The molecular formula is C24H36N2O3S. The number of nitrogens with one attached hydrogen (secondary N) is 2. The van der Waals surface area contributed by atoms with Crippen LogP contribution in [0, 0.1) is 6.92 Å². The summed E-state index contributed by atoms with van der Waals surface area (Å²) in [5, 5.41) is 11.4. The van der Waals surface area contributed by atoms with Crippen LogP contribution in [0.25, 0.3) is 0 Å². The molecule has 0 radical (unpaired) electrons. The van der Waals surface area contributed by atoms with Gasteiger partial charge >= 0.3 is 0 Å². The maximum atomic E-state index is 11.4. The molecule has 0 unspecified atom stereocenters. The van der Waals surface area contributed by atoms with E-state index in [0.29, 0.717) is 17.1 Å². The van der Waals surface area contributed by atoms with Crippen LogP contribution in [0.3, 0.4) is 0 Å². The molecule has 0 atom stereocenters. The van der Waals surface area contributed by atoms with Gasteiger partial charge in [-0.25, -0.2) is 5.48 Å². The molecule has 30 heavy (non-hydrogen) atoms. The molecule has 0 fully saturated rings. The molecule has 2 amide bonds. The molecule has 1 aliphatic rings. The minimum absolute atomic E-state index is 0.0421. The van der Waals surface area contributed by atoms with Crippen LogP contribution in [0.1, 0.15) is 46.1 Å². The van der Waals surface area contributed by atoms with Gasteiger partial charge in [0, 0.05) is 17.9 Å². The Morgan fingerprint density at radius 3 is 2.20 bits per heavy atom. The van der Waals surface area contributed by atoms with Crippen LogP contribution in [-0.4, -0.2) is 22.8 Å². The van der Waals surface area contributed by atoms with Gasteiger partial charge in [-0.3, -0.25) is 14.8 Å². The van der Waals surface area contributed by atoms with Crippen molar-refractivity contribution >= 4 is 23.6 Å². The predicted octanol–water partition coefficient (Wildman–Crippen LogP) is 5.69. The third-order valence-corrected chi connectivity index (χ3v) is 4.44. The van der Waals surface area contributed by atoms with Gasteiger partial charge in [0.1, 0.15) is 0 Å². The van der Waals surface area contributed by atoms with Crippen molar-refractivity contribution in [2.75, 3.05) is 5.75 Å². The van der Waals surface area contributed by atoms with Crippen molar-refractivity contribution in [1.29, 1.82) is 0 Å². The molecule has 1 aromatic rings. The summed E-state index contributed by atoms with van der Waals surface area (Å²) in [6.07, 6.45) is 6.71. The highest BCUT2D eigenvalue weighted by Gasteiger charge is 2.16. The Labute approximate surface area is 186 Å². The molecule has 1 heterocycles. The lowest BCUT2D eigenvalue weighted by atomic mass is 10.2. The predicted molar refractivity (Wildman–Crippen MR) is 129 cm³/mol. The van der Waals surface area contributed by atoms with E-state index in [2.05, 4.69) is 37.5 Å². The van der Waals surface area contributed by atoms with Gasteiger partial charge in [-0.05, 0) is 31.1 Å². The summed E-state index contributed by atoms with van der Waals surface area (Å²) < 4.78 is 0. The van der Waals surface area contributed by atoms with Crippen LogP contribution in [0.4, 0.5) is 0 Å². The Morgan fingerprint density at radius 1 is 1.17 bits per heavy atom. The van der Waals surface area contributed by atoms with Crippen LogP contribution >= 0.6 is 11.8 Å². The van der Waals surface area contributed by atoms with Crippen LogP contribution < -0.4 is 10.8 Å². The fourth-order valence-electron chi connectivity index (χ4n) is 2.03. The number of thioether (sulfide) groups is 1. The van der Waals surface area contributed by atoms with Crippen molar-refractivity contribution in [3.05, 3.63) is 83.5 Å². The van der Waals surface area contributed by atoms with E-state index in [0.717, 1.165) is 17.7 Å². The van der Waals surface area contributed by atoms with Gasteiger partial charge in [-0.1, -0.05) is 69.7 Å². The van der Waals surface area contributed by atoms with Crippen molar-refractivity contribution in [2.45, 2.75) is 47.5 Å². The zero-order chi connectivity index (χ0) is 23.4. The second kappa shape index (κ2) is 19.7. The van der Waals surface area contributed by atoms with E-state index >= 15 is 0 Å². The van der Waals surface area contributed by atoms with Gasteiger partial charge < -0.3 is 5.32 Å². The molecule has 0 spiro atoms. The molecule has 5 nitrogen and oxygen atoms in total. The van der Waals surface area contributed by atoms with E-state index in [4.69, 9.17) is 5.21 Å². The topological polar surface area (TPSA) is 78.4 Å². The van der Waals surface area contributed by atoms with Crippen LogP contribution in [0.2, 0.25) is 0 Å². The number of hydrogen-bond acceptors (Lipinski definition) is 4. The summed E-state index contributed by atoms with van der Waals surface area (Å²) in [6, 6.07) is 10.3. The van der Waals surface area contributed by atoms with Crippen LogP contribution in [-0.2, 0) is 9.59 Å². The number of aryl methyl sites for hydroxylation is 1. The maximum absolute atomic E-state index is 11.4. The van der Waals surface area contributed by atoms with E-state index < -0.39 is 5.91 Å². The molecule has 0 aliphatic carbocycles. The van der Waals surface area contributed by atoms with Gasteiger partial charge in [-0.15, -0.1) is 24.9 Å². The van der Waals surface area contributed by atoms with Crippen LogP contribution in [0.15, 0.2) is 77.9 Å². The van der Waals surface area contributed by atoms with Crippen molar-refractivity contribution in [3.63, 3.8) is 0 Å². The number of hydrogen-bond donors (Lipinski definition) is 3. The molecule has 1 aromatic carbocycles. The second-order valence-corrected chi connectivity index (χ2v) is 6.60. The average Bonchev–Trinajstić information content (AvgIpc) is 3.25. The first kappa shape index (κ1) is 29.6. The zero-order valence-corrected chi connectivity index (χ0v) is 19.6. The van der Waals surface area contributed by atoms with Gasteiger partial charge in [0.05, 0.1) is 4.91 Å². The number of carbonyl (C=O) groups is 2. The van der Waals surface area contributed by atoms with Gasteiger partial charge in [-0.2, -0.15) is 0 Å². The standard InChI is InChI=1S/C13H18N2O3S.C7H8.C2H6.C2H4/c1-3-5-10(14-12(16)4-2)6-9-7-11(19-8-9)13(17)15-18;1-7-5-3-2-4-6-7;2*1-2/h5-7,18H,3-4,8H2,1-2H3,(H,14,16)(H,15,17);2-6H,1H3;1-2H3;1-2H2/b9-6-,10-5+;;;. The van der Waals surface area contributed by atoms with Crippen molar-refractivity contribution in [2.24, 2.45) is 0 Å². The fraction of sp³-hybridized carbons (Fsp3) is 0.333. The summed E-state index contributed by atoms with van der Waals surface area (Å²) in [5.74, 6) is 0.0951. The van der Waals surface area contributed by atoms with E-state index in [1.54, 1.807) is 18.5 Å². The summed E-state index contributed by atoms with van der Waals surface area (Å²) in [7, 11) is 0. The highest BCUT2D eigenvalue weighted by atomic mass is 32.2. The lowest BCUT2D eigenvalue weighted by Crippen LogP contribution is -2.20. The quantitative estimate of drug-likeness (QED) is 0.317. The summed E-state index contributed by atoms with van der Waals surface area (Å²) in [5.41, 5.74) is 4.60. The number of hydroxylamine groups is 1. The van der Waals surface area contributed by atoms with Gasteiger partial charge in [0.15, 0.2) is 0 Å². The Balaban J connectivity index is 0. The molecule has 0 saturated heterocycles. The first-order valence-electron chi connectivity index (χ1n) is 10.0. The average molecular weight is 433 g/mol. The second-order valence-electron chi connectivity index (χ2n) is 5.58. The summed E-state index contributed by atoms with van der Waals surface area (Å²) >= 11 is 1.35. The molecule has 0 aromatic heterocycles. The third-order valence-electron chi connectivity index (χ3n) is 3.35. The highest BCUT2D eigenvalue weighted by Crippen LogP contribution is 2.29. The first-order valence-corrected chi connectivity index (χ1v) is 11.0. The van der Waals surface area contributed by atoms with Crippen molar-refractivity contribution in [3.8, 4) is 0 Å². The minimum Gasteiger partial charge on any atom is -0.326 e. The maximum Gasteiger partial charge on any atom is 0.281 e. The van der Waals surface area contributed by atoms with Crippen LogP contribution in [0.5, 0.6) is 0 Å². The minimum atomic E-state index is -0.507. The largest absolute Gasteiger partial charge is 0.326 e. The monoisotopic (exact) mass is 432 g/mol. The Hall–Kier alpha value is -2.57. The number of benzene rings is 1. The molecule has 2 rings (SSSR count). The normalized spacial score (nSPS) is 13.3. The number of amides is 2. The fourth-order valence-corrected chi connectivity index (χ4v) is 2.93. The molecule has 0 saturated carbocycles.